The summed E-state index contributed by atoms with van der Waals surface area (Å²) in [6.45, 7) is 6.33. The van der Waals surface area contributed by atoms with Gasteiger partial charge in [0.2, 0.25) is 5.91 Å². The van der Waals surface area contributed by atoms with Crippen LogP contribution >= 0.6 is 0 Å². The summed E-state index contributed by atoms with van der Waals surface area (Å²) in [6.07, 6.45) is 0.930. The Hall–Kier alpha value is -1.59. The summed E-state index contributed by atoms with van der Waals surface area (Å²) in [5.41, 5.74) is 1.23. The second kappa shape index (κ2) is 6.45. The summed E-state index contributed by atoms with van der Waals surface area (Å²) >= 11 is 0. The first-order valence-electron chi connectivity index (χ1n) is 7.71. The van der Waals surface area contributed by atoms with Gasteiger partial charge in [0.1, 0.15) is 11.9 Å². The quantitative estimate of drug-likeness (QED) is 0.842. The molecule has 0 spiro atoms. The lowest BCUT2D eigenvalue weighted by Crippen LogP contribution is -2.53. The maximum Gasteiger partial charge on any atom is 0.237 e. The van der Waals surface area contributed by atoms with Crippen molar-refractivity contribution in [3.8, 4) is 5.75 Å². The number of piperazine rings is 1. The molecule has 2 aliphatic rings. The van der Waals surface area contributed by atoms with Crippen LogP contribution in [0.15, 0.2) is 24.3 Å². The molecule has 0 aromatic heterocycles. The van der Waals surface area contributed by atoms with Crippen LogP contribution in [0.4, 0.5) is 0 Å². The lowest BCUT2D eigenvalue weighted by Gasteiger charge is -2.32. The maximum absolute atomic E-state index is 12.2. The minimum absolute atomic E-state index is 0.0570. The third-order valence-corrected chi connectivity index (χ3v) is 4.30. The fourth-order valence-electron chi connectivity index (χ4n) is 2.97. The van der Waals surface area contributed by atoms with Crippen molar-refractivity contribution in [1.82, 2.24) is 15.5 Å². The fraction of sp³-hybridized carbons (Fsp3) is 0.562. The van der Waals surface area contributed by atoms with Gasteiger partial charge in [-0.3, -0.25) is 9.69 Å². The molecule has 2 aliphatic heterocycles. The van der Waals surface area contributed by atoms with Gasteiger partial charge >= 0.3 is 0 Å². The SMILES string of the molecule is CC(C(=O)NCC1Cc2ccccc2O1)N1CCNCC1. The molecule has 1 saturated heterocycles. The van der Waals surface area contributed by atoms with Crippen molar-refractivity contribution in [2.24, 2.45) is 0 Å². The van der Waals surface area contributed by atoms with Gasteiger partial charge in [-0.25, -0.2) is 0 Å². The Kier molecular flexibility index (Phi) is 4.41. The van der Waals surface area contributed by atoms with Crippen LogP contribution in [0.3, 0.4) is 0 Å². The van der Waals surface area contributed by atoms with Gasteiger partial charge < -0.3 is 15.4 Å². The monoisotopic (exact) mass is 289 g/mol. The Morgan fingerprint density at radius 1 is 1.43 bits per heavy atom. The Labute approximate surface area is 125 Å². The minimum Gasteiger partial charge on any atom is -0.488 e. The van der Waals surface area contributed by atoms with Crippen molar-refractivity contribution in [2.45, 2.75) is 25.5 Å². The van der Waals surface area contributed by atoms with Crippen molar-refractivity contribution >= 4 is 5.91 Å². The van der Waals surface area contributed by atoms with E-state index in [4.69, 9.17) is 4.74 Å². The molecule has 0 saturated carbocycles. The van der Waals surface area contributed by atoms with Crippen LogP contribution in [0.1, 0.15) is 12.5 Å². The van der Waals surface area contributed by atoms with Gasteiger partial charge in [0.05, 0.1) is 12.6 Å². The Morgan fingerprint density at radius 3 is 2.95 bits per heavy atom. The summed E-state index contributed by atoms with van der Waals surface area (Å²) in [4.78, 5) is 14.5. The Balaban J connectivity index is 1.46. The molecule has 0 bridgehead atoms. The molecule has 2 heterocycles. The zero-order valence-corrected chi connectivity index (χ0v) is 12.5. The molecular formula is C16H23N3O2. The number of nitrogens with one attached hydrogen (secondary N) is 2. The largest absolute Gasteiger partial charge is 0.488 e. The van der Waals surface area contributed by atoms with Gasteiger partial charge in [-0.2, -0.15) is 0 Å². The second-order valence-electron chi connectivity index (χ2n) is 5.76. The lowest BCUT2D eigenvalue weighted by molar-refractivity contribution is -0.126. The fourth-order valence-corrected chi connectivity index (χ4v) is 2.97. The maximum atomic E-state index is 12.2. The van der Waals surface area contributed by atoms with Crippen LogP contribution < -0.4 is 15.4 Å². The van der Waals surface area contributed by atoms with E-state index in [1.54, 1.807) is 0 Å². The molecule has 5 nitrogen and oxygen atoms in total. The molecule has 1 aromatic carbocycles. The van der Waals surface area contributed by atoms with Gasteiger partial charge in [-0.15, -0.1) is 0 Å². The number of hydrogen-bond donors (Lipinski definition) is 2. The number of fused-ring (bicyclic) bond motifs is 1. The van der Waals surface area contributed by atoms with Crippen LogP contribution in [-0.4, -0.2) is 55.7 Å². The third-order valence-electron chi connectivity index (χ3n) is 4.30. The summed E-state index contributed by atoms with van der Waals surface area (Å²) in [7, 11) is 0. The first-order chi connectivity index (χ1) is 10.2. The predicted octanol–water partition coefficient (Wildman–Crippen LogP) is 0.400. The van der Waals surface area contributed by atoms with E-state index < -0.39 is 0 Å². The minimum atomic E-state index is -0.0733. The number of rotatable bonds is 4. The van der Waals surface area contributed by atoms with Gasteiger partial charge in [0.25, 0.3) is 0 Å². The normalized spacial score (nSPS) is 23.2. The van der Waals surface area contributed by atoms with E-state index in [2.05, 4.69) is 21.6 Å². The average Bonchev–Trinajstić information content (AvgIpc) is 2.95. The highest BCUT2D eigenvalue weighted by atomic mass is 16.5. The number of carbonyl (C=O) groups excluding carboxylic acids is 1. The molecule has 1 fully saturated rings. The molecule has 5 heteroatoms. The van der Waals surface area contributed by atoms with E-state index in [1.165, 1.54) is 5.56 Å². The molecule has 2 atom stereocenters. The highest BCUT2D eigenvalue weighted by Crippen LogP contribution is 2.27. The van der Waals surface area contributed by atoms with Crippen molar-refractivity contribution in [3.63, 3.8) is 0 Å². The zero-order chi connectivity index (χ0) is 14.7. The first kappa shape index (κ1) is 14.4. The Morgan fingerprint density at radius 2 is 2.19 bits per heavy atom. The number of benzene rings is 1. The number of amides is 1. The summed E-state index contributed by atoms with van der Waals surface area (Å²) in [6, 6.07) is 8.00. The van der Waals surface area contributed by atoms with Crippen molar-refractivity contribution in [2.75, 3.05) is 32.7 Å². The summed E-state index contributed by atoms with van der Waals surface area (Å²) < 4.78 is 5.84. The predicted molar refractivity (Wildman–Crippen MR) is 81.5 cm³/mol. The summed E-state index contributed by atoms with van der Waals surface area (Å²) in [5, 5.41) is 6.33. The molecule has 1 aromatic rings. The van der Waals surface area contributed by atoms with Gasteiger partial charge in [-0.05, 0) is 18.6 Å². The molecule has 0 radical (unpaired) electrons. The molecule has 21 heavy (non-hydrogen) atoms. The molecule has 3 rings (SSSR count). The number of nitrogens with zero attached hydrogens (tertiary/aromatic N) is 1. The van der Waals surface area contributed by atoms with Crippen molar-refractivity contribution in [3.05, 3.63) is 29.8 Å². The first-order valence-corrected chi connectivity index (χ1v) is 7.71. The molecule has 1 amide bonds. The van der Waals surface area contributed by atoms with Crippen LogP contribution in [0.2, 0.25) is 0 Å². The van der Waals surface area contributed by atoms with E-state index in [-0.39, 0.29) is 18.1 Å². The van der Waals surface area contributed by atoms with Crippen molar-refractivity contribution in [1.29, 1.82) is 0 Å². The highest BCUT2D eigenvalue weighted by Gasteiger charge is 2.26. The summed E-state index contributed by atoms with van der Waals surface area (Å²) in [5.74, 6) is 1.04. The molecule has 0 aliphatic carbocycles. The number of ether oxygens (including phenoxy) is 1. The molecule has 2 N–H and O–H groups in total. The van der Waals surface area contributed by atoms with E-state index >= 15 is 0 Å². The molecule has 114 valence electrons. The topological polar surface area (TPSA) is 53.6 Å². The average molecular weight is 289 g/mol. The lowest BCUT2D eigenvalue weighted by atomic mass is 10.1. The standard InChI is InChI=1S/C16H23N3O2/c1-12(19-8-6-17-7-9-19)16(20)18-11-14-10-13-4-2-3-5-15(13)21-14/h2-5,12,14,17H,6-11H2,1H3,(H,18,20). The van der Waals surface area contributed by atoms with E-state index in [1.807, 2.05) is 25.1 Å². The third kappa shape index (κ3) is 3.36. The second-order valence-corrected chi connectivity index (χ2v) is 5.76. The van der Waals surface area contributed by atoms with E-state index in [9.17, 15) is 4.79 Å². The van der Waals surface area contributed by atoms with Gasteiger partial charge in [0.15, 0.2) is 0 Å². The number of carbonyl (C=O) groups is 1. The molecule has 2 unspecified atom stereocenters. The van der Waals surface area contributed by atoms with Crippen molar-refractivity contribution < 1.29 is 9.53 Å². The van der Waals surface area contributed by atoms with Crippen LogP contribution in [-0.2, 0) is 11.2 Å². The van der Waals surface area contributed by atoms with Crippen LogP contribution in [0.25, 0.3) is 0 Å². The van der Waals surface area contributed by atoms with Crippen LogP contribution in [0, 0.1) is 0 Å². The molecular weight excluding hydrogens is 266 g/mol. The Bertz CT molecular complexity index is 475. The van der Waals surface area contributed by atoms with Gasteiger partial charge in [0, 0.05) is 32.6 Å². The van der Waals surface area contributed by atoms with E-state index in [0.717, 1.165) is 38.3 Å². The smallest absolute Gasteiger partial charge is 0.237 e. The number of para-hydroxylation sites is 1. The zero-order valence-electron chi connectivity index (χ0n) is 12.5. The van der Waals surface area contributed by atoms with Crippen LogP contribution in [0.5, 0.6) is 5.75 Å². The number of hydrogen-bond acceptors (Lipinski definition) is 4. The van der Waals surface area contributed by atoms with E-state index in [0.29, 0.717) is 6.54 Å². The highest BCUT2D eigenvalue weighted by molar-refractivity contribution is 5.81. The van der Waals surface area contributed by atoms with Gasteiger partial charge in [-0.1, -0.05) is 18.2 Å².